The molecule has 254 valence electrons. The number of aromatic nitrogens is 1. The standard InChI is InChI=1S/C51H34N2O/c1-3-11-35(12-4-1)37-19-21-38(22-20-37)39-25-28-44(29-26-39)53(48-18-10-9-17-46(48)40-14-5-2-6-15-40)45-30-31-47-42(34-45)27-32-49-50(47)52-51(54-49)43-24-23-36-13-7-8-16-41(36)33-43/h1-34H. The molecule has 3 heteroatoms. The minimum Gasteiger partial charge on any atom is -0.436 e. The second kappa shape index (κ2) is 13.4. The van der Waals surface area contributed by atoms with Crippen LogP contribution in [0.15, 0.2) is 211 Å². The van der Waals surface area contributed by atoms with Crippen LogP contribution in [-0.4, -0.2) is 4.98 Å². The fraction of sp³-hybridized carbons (Fsp3) is 0. The van der Waals surface area contributed by atoms with Crippen LogP contribution in [0.25, 0.3) is 77.5 Å². The summed E-state index contributed by atoms with van der Waals surface area (Å²) in [6.45, 7) is 0. The molecule has 1 aromatic heterocycles. The van der Waals surface area contributed by atoms with Crippen LogP contribution in [0.4, 0.5) is 17.1 Å². The van der Waals surface area contributed by atoms with Crippen molar-refractivity contribution in [3.63, 3.8) is 0 Å². The van der Waals surface area contributed by atoms with Crippen molar-refractivity contribution in [2.24, 2.45) is 0 Å². The quantitative estimate of drug-likeness (QED) is 0.167. The summed E-state index contributed by atoms with van der Waals surface area (Å²) >= 11 is 0. The minimum absolute atomic E-state index is 0.625. The molecular formula is C51H34N2O. The molecule has 0 fully saturated rings. The minimum atomic E-state index is 0.625. The van der Waals surface area contributed by atoms with E-state index in [4.69, 9.17) is 9.40 Å². The van der Waals surface area contributed by atoms with E-state index in [1.54, 1.807) is 0 Å². The number of hydrogen-bond donors (Lipinski definition) is 0. The van der Waals surface area contributed by atoms with E-state index < -0.39 is 0 Å². The van der Waals surface area contributed by atoms with Crippen LogP contribution in [0, 0.1) is 0 Å². The van der Waals surface area contributed by atoms with Crippen molar-refractivity contribution in [1.82, 2.24) is 4.98 Å². The van der Waals surface area contributed by atoms with Gasteiger partial charge < -0.3 is 9.32 Å². The zero-order valence-electron chi connectivity index (χ0n) is 29.4. The van der Waals surface area contributed by atoms with E-state index in [1.807, 2.05) is 6.07 Å². The van der Waals surface area contributed by atoms with E-state index in [2.05, 4.69) is 205 Å². The third-order valence-corrected chi connectivity index (χ3v) is 10.3. The SMILES string of the molecule is c1ccc(-c2ccc(-c3ccc(N(c4ccc5c(ccc6oc(-c7ccc8ccccc8c7)nc65)c4)c4ccccc4-c4ccccc4)cc3)cc2)cc1. The van der Waals surface area contributed by atoms with Crippen molar-refractivity contribution in [1.29, 1.82) is 0 Å². The second-order valence-corrected chi connectivity index (χ2v) is 13.6. The van der Waals surface area contributed by atoms with Gasteiger partial charge in [0.2, 0.25) is 5.89 Å². The second-order valence-electron chi connectivity index (χ2n) is 13.6. The van der Waals surface area contributed by atoms with Crippen molar-refractivity contribution in [2.75, 3.05) is 4.90 Å². The van der Waals surface area contributed by atoms with Gasteiger partial charge in [0.05, 0.1) is 5.69 Å². The van der Waals surface area contributed by atoms with Gasteiger partial charge in [-0.1, -0.05) is 152 Å². The smallest absolute Gasteiger partial charge is 0.227 e. The lowest BCUT2D eigenvalue weighted by Crippen LogP contribution is -2.11. The van der Waals surface area contributed by atoms with Gasteiger partial charge in [0.1, 0.15) is 5.52 Å². The van der Waals surface area contributed by atoms with Gasteiger partial charge in [0.15, 0.2) is 5.58 Å². The Labute approximate surface area is 314 Å². The number of benzene rings is 9. The summed E-state index contributed by atoms with van der Waals surface area (Å²) in [6, 6.07) is 73.0. The molecule has 0 aliphatic carbocycles. The van der Waals surface area contributed by atoms with Crippen molar-refractivity contribution >= 4 is 49.7 Å². The average molecular weight is 691 g/mol. The number of hydrogen-bond acceptors (Lipinski definition) is 3. The summed E-state index contributed by atoms with van der Waals surface area (Å²) in [5.74, 6) is 0.625. The number of rotatable bonds is 7. The molecule has 0 aliphatic rings. The number of anilines is 3. The van der Waals surface area contributed by atoms with Crippen molar-refractivity contribution in [3.8, 4) is 44.8 Å². The molecule has 0 aliphatic heterocycles. The first kappa shape index (κ1) is 31.5. The van der Waals surface area contributed by atoms with Crippen LogP contribution < -0.4 is 4.90 Å². The number of para-hydroxylation sites is 1. The van der Waals surface area contributed by atoms with Gasteiger partial charge >= 0.3 is 0 Å². The highest BCUT2D eigenvalue weighted by Crippen LogP contribution is 2.43. The average Bonchev–Trinajstić information content (AvgIpc) is 3.70. The maximum atomic E-state index is 6.35. The summed E-state index contributed by atoms with van der Waals surface area (Å²) in [7, 11) is 0. The van der Waals surface area contributed by atoms with Gasteiger partial charge in [-0.15, -0.1) is 0 Å². The molecule has 10 rings (SSSR count). The molecule has 0 unspecified atom stereocenters. The molecule has 0 saturated heterocycles. The summed E-state index contributed by atoms with van der Waals surface area (Å²) < 4.78 is 6.35. The Kier molecular flexibility index (Phi) is 7.81. The first-order valence-corrected chi connectivity index (χ1v) is 18.3. The van der Waals surface area contributed by atoms with Gasteiger partial charge in [-0.2, -0.15) is 0 Å². The van der Waals surface area contributed by atoms with Gasteiger partial charge in [0, 0.05) is 27.9 Å². The predicted octanol–water partition coefficient (Wildman–Crippen LogP) is 14.3. The molecule has 0 N–H and O–H groups in total. The Morgan fingerprint density at radius 2 is 0.926 bits per heavy atom. The van der Waals surface area contributed by atoms with Crippen LogP contribution in [0.5, 0.6) is 0 Å². The summed E-state index contributed by atoms with van der Waals surface area (Å²) in [5, 5.41) is 4.51. The maximum absolute atomic E-state index is 6.35. The Balaban J connectivity index is 1.06. The normalized spacial score (nSPS) is 11.3. The van der Waals surface area contributed by atoms with Crippen LogP contribution >= 0.6 is 0 Å². The molecule has 0 amide bonds. The molecule has 0 atom stereocenters. The highest BCUT2D eigenvalue weighted by Gasteiger charge is 2.19. The van der Waals surface area contributed by atoms with E-state index >= 15 is 0 Å². The Morgan fingerprint density at radius 1 is 0.370 bits per heavy atom. The number of fused-ring (bicyclic) bond motifs is 4. The number of oxazole rings is 1. The van der Waals surface area contributed by atoms with Crippen molar-refractivity contribution in [3.05, 3.63) is 206 Å². The van der Waals surface area contributed by atoms with Gasteiger partial charge in [-0.3, -0.25) is 0 Å². The largest absolute Gasteiger partial charge is 0.436 e. The maximum Gasteiger partial charge on any atom is 0.227 e. The lowest BCUT2D eigenvalue weighted by Gasteiger charge is -2.28. The zero-order chi connectivity index (χ0) is 35.8. The molecule has 3 nitrogen and oxygen atoms in total. The van der Waals surface area contributed by atoms with Crippen LogP contribution in [0.1, 0.15) is 0 Å². The molecule has 0 saturated carbocycles. The third-order valence-electron chi connectivity index (χ3n) is 10.3. The van der Waals surface area contributed by atoms with Crippen molar-refractivity contribution < 1.29 is 4.42 Å². The molecule has 1 heterocycles. The molecule has 10 aromatic rings. The van der Waals surface area contributed by atoms with E-state index in [-0.39, 0.29) is 0 Å². The monoisotopic (exact) mass is 690 g/mol. The first-order chi connectivity index (χ1) is 26.7. The van der Waals surface area contributed by atoms with Crippen molar-refractivity contribution in [2.45, 2.75) is 0 Å². The molecule has 54 heavy (non-hydrogen) atoms. The van der Waals surface area contributed by atoms with Gasteiger partial charge in [0.25, 0.3) is 0 Å². The lowest BCUT2D eigenvalue weighted by atomic mass is 9.99. The van der Waals surface area contributed by atoms with E-state index in [1.165, 1.54) is 33.2 Å². The van der Waals surface area contributed by atoms with Crippen LogP contribution in [-0.2, 0) is 0 Å². The lowest BCUT2D eigenvalue weighted by molar-refractivity contribution is 0.620. The van der Waals surface area contributed by atoms with Gasteiger partial charge in [-0.05, 0) is 98.6 Å². The molecule has 9 aromatic carbocycles. The molecule has 0 bridgehead atoms. The topological polar surface area (TPSA) is 29.3 Å². The van der Waals surface area contributed by atoms with Crippen LogP contribution in [0.2, 0.25) is 0 Å². The third kappa shape index (κ3) is 5.78. The Bertz CT molecular complexity index is 2910. The molecular weight excluding hydrogens is 657 g/mol. The summed E-state index contributed by atoms with van der Waals surface area (Å²) in [4.78, 5) is 7.40. The fourth-order valence-electron chi connectivity index (χ4n) is 7.54. The highest BCUT2D eigenvalue weighted by atomic mass is 16.3. The molecule has 0 spiro atoms. The van der Waals surface area contributed by atoms with Gasteiger partial charge in [-0.25, -0.2) is 4.98 Å². The molecule has 0 radical (unpaired) electrons. The van der Waals surface area contributed by atoms with E-state index in [0.717, 1.165) is 55.4 Å². The number of nitrogens with zero attached hydrogens (tertiary/aromatic N) is 2. The van der Waals surface area contributed by atoms with E-state index in [0.29, 0.717) is 5.89 Å². The Morgan fingerprint density at radius 3 is 1.67 bits per heavy atom. The fourth-order valence-corrected chi connectivity index (χ4v) is 7.54. The van der Waals surface area contributed by atoms with Crippen LogP contribution in [0.3, 0.4) is 0 Å². The highest BCUT2D eigenvalue weighted by molar-refractivity contribution is 6.06. The summed E-state index contributed by atoms with van der Waals surface area (Å²) in [5.41, 5.74) is 12.9. The summed E-state index contributed by atoms with van der Waals surface area (Å²) in [6.07, 6.45) is 0. The Hall–Kier alpha value is -7.23. The first-order valence-electron chi connectivity index (χ1n) is 18.3. The van der Waals surface area contributed by atoms with E-state index in [9.17, 15) is 0 Å². The zero-order valence-corrected chi connectivity index (χ0v) is 29.4. The predicted molar refractivity (Wildman–Crippen MR) is 225 cm³/mol.